The lowest BCUT2D eigenvalue weighted by Gasteiger charge is -2.08. The molecule has 1 amide bonds. The smallest absolute Gasteiger partial charge is 0.266 e. The molecule has 0 atom stereocenters. The highest BCUT2D eigenvalue weighted by molar-refractivity contribution is 7.99. The predicted octanol–water partition coefficient (Wildman–Crippen LogP) is 3.03. The molecule has 6 nitrogen and oxygen atoms in total. The van der Waals surface area contributed by atoms with Crippen LogP contribution in [0.5, 0.6) is 0 Å². The molecule has 1 N–H and O–H groups in total. The van der Waals surface area contributed by atoms with Crippen LogP contribution in [0.15, 0.2) is 47.3 Å². The summed E-state index contributed by atoms with van der Waals surface area (Å²) < 4.78 is 1.39. The molecule has 0 aliphatic carbocycles. The third-order valence-corrected chi connectivity index (χ3v) is 6.09. The van der Waals surface area contributed by atoms with Crippen LogP contribution in [0.1, 0.15) is 16.3 Å². The van der Waals surface area contributed by atoms with Gasteiger partial charge in [0.05, 0.1) is 27.9 Å². The number of carbonyl (C=O) groups excluding carboxylic acids is 1. The molecule has 0 bridgehead atoms. The van der Waals surface area contributed by atoms with Crippen molar-refractivity contribution in [3.8, 4) is 10.6 Å². The Morgan fingerprint density at radius 3 is 2.68 bits per heavy atom. The van der Waals surface area contributed by atoms with Crippen molar-refractivity contribution in [3.05, 3.63) is 69.1 Å². The zero-order valence-electron chi connectivity index (χ0n) is 15.8. The number of hydrogen-bond acceptors (Lipinski definition) is 6. The Balaban J connectivity index is 1.50. The Morgan fingerprint density at radius 1 is 1.18 bits per heavy atom. The predicted molar refractivity (Wildman–Crippen MR) is 115 cm³/mol. The van der Waals surface area contributed by atoms with Crippen molar-refractivity contribution >= 4 is 29.0 Å². The summed E-state index contributed by atoms with van der Waals surface area (Å²) in [5, 5.41) is 8.25. The van der Waals surface area contributed by atoms with E-state index in [1.165, 1.54) is 16.3 Å². The van der Waals surface area contributed by atoms with Crippen molar-refractivity contribution in [2.24, 2.45) is 0 Å². The van der Waals surface area contributed by atoms with Crippen LogP contribution >= 0.6 is 23.1 Å². The molecule has 0 aliphatic rings. The minimum Gasteiger partial charge on any atom is -0.354 e. The second kappa shape index (κ2) is 9.66. The molecule has 3 rings (SSSR count). The van der Waals surface area contributed by atoms with Gasteiger partial charge in [-0.2, -0.15) is 5.10 Å². The molecule has 0 unspecified atom stereocenters. The molecule has 146 valence electrons. The van der Waals surface area contributed by atoms with Crippen LogP contribution in [-0.4, -0.2) is 33.0 Å². The Hall–Kier alpha value is -2.45. The van der Waals surface area contributed by atoms with E-state index in [0.29, 0.717) is 18.8 Å². The standard InChI is InChI=1S/C20H22N4O2S2/c1-14-20(28-15(2)22-14)17-8-9-19(26)24(23-17)11-10-21-18(25)13-27-12-16-6-4-3-5-7-16/h3-9H,10-13H2,1-2H3,(H,21,25). The summed E-state index contributed by atoms with van der Waals surface area (Å²) in [5.74, 6) is 1.14. The first-order valence-electron chi connectivity index (χ1n) is 8.94. The monoisotopic (exact) mass is 414 g/mol. The summed E-state index contributed by atoms with van der Waals surface area (Å²) in [7, 11) is 0. The number of thioether (sulfide) groups is 1. The van der Waals surface area contributed by atoms with Gasteiger partial charge in [-0.3, -0.25) is 9.59 Å². The van der Waals surface area contributed by atoms with E-state index in [1.54, 1.807) is 29.2 Å². The molecular weight excluding hydrogens is 392 g/mol. The first kappa shape index (κ1) is 20.3. The molecule has 1 aromatic carbocycles. The number of aryl methyl sites for hydroxylation is 2. The van der Waals surface area contributed by atoms with Crippen molar-refractivity contribution in [1.29, 1.82) is 0 Å². The van der Waals surface area contributed by atoms with E-state index in [1.807, 2.05) is 44.2 Å². The van der Waals surface area contributed by atoms with Crippen LogP contribution in [0.4, 0.5) is 0 Å². The number of nitrogens with one attached hydrogen (secondary N) is 1. The van der Waals surface area contributed by atoms with E-state index in [0.717, 1.165) is 27.0 Å². The molecule has 0 spiro atoms. The average molecular weight is 415 g/mol. The first-order valence-corrected chi connectivity index (χ1v) is 10.9. The van der Waals surface area contributed by atoms with Crippen LogP contribution in [0.3, 0.4) is 0 Å². The Labute approximate surface area is 172 Å². The second-order valence-electron chi connectivity index (χ2n) is 6.26. The van der Waals surface area contributed by atoms with Crippen molar-refractivity contribution in [2.45, 2.75) is 26.1 Å². The van der Waals surface area contributed by atoms with E-state index in [9.17, 15) is 9.59 Å². The lowest BCUT2D eigenvalue weighted by atomic mass is 10.2. The molecule has 2 heterocycles. The molecule has 0 radical (unpaired) electrons. The summed E-state index contributed by atoms with van der Waals surface area (Å²) in [6, 6.07) is 13.3. The summed E-state index contributed by atoms with van der Waals surface area (Å²) in [4.78, 5) is 29.4. The molecule has 0 saturated carbocycles. The SMILES string of the molecule is Cc1nc(C)c(-c2ccc(=O)n(CCNC(=O)CSCc3ccccc3)n2)s1. The quantitative estimate of drug-likeness (QED) is 0.613. The zero-order valence-corrected chi connectivity index (χ0v) is 17.5. The zero-order chi connectivity index (χ0) is 19.9. The van der Waals surface area contributed by atoms with E-state index in [4.69, 9.17) is 0 Å². The van der Waals surface area contributed by atoms with E-state index in [2.05, 4.69) is 15.4 Å². The normalized spacial score (nSPS) is 10.8. The van der Waals surface area contributed by atoms with Crippen LogP contribution in [0, 0.1) is 13.8 Å². The molecule has 28 heavy (non-hydrogen) atoms. The third-order valence-electron chi connectivity index (χ3n) is 3.99. The van der Waals surface area contributed by atoms with Crippen molar-refractivity contribution < 1.29 is 4.79 Å². The minimum absolute atomic E-state index is 0.0425. The summed E-state index contributed by atoms with van der Waals surface area (Å²) >= 11 is 3.12. The number of aromatic nitrogens is 3. The highest BCUT2D eigenvalue weighted by Crippen LogP contribution is 2.27. The Morgan fingerprint density at radius 2 is 1.96 bits per heavy atom. The molecule has 3 aromatic rings. The largest absolute Gasteiger partial charge is 0.354 e. The van der Waals surface area contributed by atoms with Gasteiger partial charge in [-0.25, -0.2) is 9.67 Å². The van der Waals surface area contributed by atoms with Crippen LogP contribution < -0.4 is 10.9 Å². The molecule has 0 fully saturated rings. The highest BCUT2D eigenvalue weighted by atomic mass is 32.2. The van der Waals surface area contributed by atoms with E-state index in [-0.39, 0.29) is 11.5 Å². The summed E-state index contributed by atoms with van der Waals surface area (Å²) in [6.07, 6.45) is 0. The topological polar surface area (TPSA) is 76.9 Å². The molecule has 0 aliphatic heterocycles. The van der Waals surface area contributed by atoms with Gasteiger partial charge in [0.2, 0.25) is 5.91 Å². The maximum atomic E-state index is 12.1. The highest BCUT2D eigenvalue weighted by Gasteiger charge is 2.11. The van der Waals surface area contributed by atoms with E-state index < -0.39 is 0 Å². The number of nitrogens with zero attached hydrogens (tertiary/aromatic N) is 3. The minimum atomic E-state index is -0.185. The van der Waals surface area contributed by atoms with Crippen molar-refractivity contribution in [2.75, 3.05) is 12.3 Å². The van der Waals surface area contributed by atoms with Gasteiger partial charge in [0.25, 0.3) is 5.56 Å². The molecule has 0 saturated heterocycles. The van der Waals surface area contributed by atoms with Crippen molar-refractivity contribution in [1.82, 2.24) is 20.1 Å². The molecular formula is C20H22N4O2S2. The van der Waals surface area contributed by atoms with Gasteiger partial charge in [0.15, 0.2) is 0 Å². The van der Waals surface area contributed by atoms with Gasteiger partial charge in [-0.05, 0) is 25.5 Å². The van der Waals surface area contributed by atoms with Gasteiger partial charge >= 0.3 is 0 Å². The fourth-order valence-corrected chi connectivity index (χ4v) is 4.39. The number of rotatable bonds is 8. The number of benzene rings is 1. The number of amides is 1. The van der Waals surface area contributed by atoms with Crippen LogP contribution in [0.25, 0.3) is 10.6 Å². The van der Waals surface area contributed by atoms with Gasteiger partial charge < -0.3 is 5.32 Å². The Kier molecular flexibility index (Phi) is 7.00. The second-order valence-corrected chi connectivity index (χ2v) is 8.44. The third kappa shape index (κ3) is 5.53. The van der Waals surface area contributed by atoms with Gasteiger partial charge in [-0.15, -0.1) is 23.1 Å². The van der Waals surface area contributed by atoms with Gasteiger partial charge in [-0.1, -0.05) is 30.3 Å². The number of carbonyl (C=O) groups is 1. The lowest BCUT2D eigenvalue weighted by molar-refractivity contribution is -0.118. The fourth-order valence-electron chi connectivity index (χ4n) is 2.69. The maximum absolute atomic E-state index is 12.1. The van der Waals surface area contributed by atoms with Gasteiger partial charge in [0, 0.05) is 18.4 Å². The summed E-state index contributed by atoms with van der Waals surface area (Å²) in [5.41, 5.74) is 2.65. The van der Waals surface area contributed by atoms with Crippen molar-refractivity contribution in [3.63, 3.8) is 0 Å². The summed E-state index contributed by atoms with van der Waals surface area (Å²) in [6.45, 7) is 4.58. The molecule has 8 heteroatoms. The van der Waals surface area contributed by atoms with Gasteiger partial charge in [0.1, 0.15) is 5.69 Å². The first-order chi connectivity index (χ1) is 13.5. The van der Waals surface area contributed by atoms with Crippen LogP contribution in [0.2, 0.25) is 0 Å². The maximum Gasteiger partial charge on any atom is 0.266 e. The average Bonchev–Trinajstić information content (AvgIpc) is 3.02. The number of thiazole rings is 1. The fraction of sp³-hybridized carbons (Fsp3) is 0.300. The van der Waals surface area contributed by atoms with Crippen LogP contribution in [-0.2, 0) is 17.1 Å². The molecule has 2 aromatic heterocycles. The number of hydrogen-bond donors (Lipinski definition) is 1. The van der Waals surface area contributed by atoms with E-state index >= 15 is 0 Å². The Bertz CT molecular complexity index is 999. The lowest BCUT2D eigenvalue weighted by Crippen LogP contribution is -2.32.